The quantitative estimate of drug-likeness (QED) is 0.845. The number of rotatable bonds is 1. The minimum Gasteiger partial charge on any atom is -0.337 e. The average Bonchev–Trinajstić information content (AvgIpc) is 2.41. The van der Waals surface area contributed by atoms with Gasteiger partial charge in [-0.25, -0.2) is 0 Å². The fraction of sp³-hybridized carbons (Fsp3) is 0.500. The molecule has 1 aromatic carbocycles. The van der Waals surface area contributed by atoms with Gasteiger partial charge in [0.1, 0.15) is 0 Å². The lowest BCUT2D eigenvalue weighted by molar-refractivity contribution is -0.138. The Morgan fingerprint density at radius 3 is 2.78 bits per heavy atom. The van der Waals surface area contributed by atoms with Gasteiger partial charge in [-0.3, -0.25) is 10.1 Å². The first-order valence-electron chi connectivity index (χ1n) is 6.54. The molecule has 2 fully saturated rings. The monoisotopic (exact) mass is 264 g/mol. The number of nitrogens with zero attached hydrogens (tertiary/aromatic N) is 1. The summed E-state index contributed by atoms with van der Waals surface area (Å²) in [6, 6.07) is 8.51. The normalized spacial score (nSPS) is 28.1. The summed E-state index contributed by atoms with van der Waals surface area (Å²) in [5, 5.41) is 4.13. The van der Waals surface area contributed by atoms with Gasteiger partial charge in [0.15, 0.2) is 0 Å². The Balaban J connectivity index is 1.87. The predicted octanol–water partition coefficient (Wildman–Crippen LogP) is 2.37. The molecule has 2 aliphatic rings. The first-order chi connectivity index (χ1) is 8.75. The molecule has 18 heavy (non-hydrogen) atoms. The number of amides is 1. The van der Waals surface area contributed by atoms with E-state index in [1.165, 1.54) is 12.0 Å². The van der Waals surface area contributed by atoms with Gasteiger partial charge in [-0.1, -0.05) is 23.7 Å². The maximum absolute atomic E-state index is 11.9. The Morgan fingerprint density at radius 2 is 2.00 bits per heavy atom. The minimum atomic E-state index is 0.241. The van der Waals surface area contributed by atoms with Gasteiger partial charge in [0.2, 0.25) is 5.91 Å². The van der Waals surface area contributed by atoms with E-state index >= 15 is 0 Å². The van der Waals surface area contributed by atoms with Crippen molar-refractivity contribution in [3.05, 3.63) is 34.9 Å². The van der Waals surface area contributed by atoms with Crippen LogP contribution in [0, 0.1) is 0 Å². The molecule has 2 heterocycles. The number of carbonyl (C=O) groups excluding carboxylic acids is 1. The first-order valence-corrected chi connectivity index (χ1v) is 6.92. The number of benzene rings is 1. The Labute approximate surface area is 112 Å². The molecule has 1 aromatic rings. The Hall–Kier alpha value is -1.06. The topological polar surface area (TPSA) is 32.3 Å². The van der Waals surface area contributed by atoms with E-state index in [9.17, 15) is 4.79 Å². The van der Waals surface area contributed by atoms with Crippen LogP contribution in [0.2, 0.25) is 5.02 Å². The lowest BCUT2D eigenvalue weighted by Crippen LogP contribution is -2.57. The molecule has 2 unspecified atom stereocenters. The summed E-state index contributed by atoms with van der Waals surface area (Å²) in [4.78, 5) is 14.0. The second kappa shape index (κ2) is 4.90. The van der Waals surface area contributed by atoms with Gasteiger partial charge >= 0.3 is 0 Å². The highest BCUT2D eigenvalue weighted by atomic mass is 35.5. The number of hydrogen-bond acceptors (Lipinski definition) is 2. The summed E-state index contributed by atoms with van der Waals surface area (Å²) in [6.45, 7) is 1.36. The maximum Gasteiger partial charge on any atom is 0.236 e. The standard InChI is InChI=1S/C14H17ClN2O/c15-11-6-4-10(5-7-11)14-12-3-1-2-8-17(12)13(18)9-16-14/h4-7,12,14,16H,1-3,8-9H2. The van der Waals surface area contributed by atoms with Crippen molar-refractivity contribution in [2.45, 2.75) is 31.3 Å². The van der Waals surface area contributed by atoms with Crippen LogP contribution in [0.25, 0.3) is 0 Å². The molecule has 0 saturated carbocycles. The van der Waals surface area contributed by atoms with E-state index in [2.05, 4.69) is 22.3 Å². The van der Waals surface area contributed by atoms with Gasteiger partial charge in [0, 0.05) is 11.6 Å². The van der Waals surface area contributed by atoms with E-state index in [-0.39, 0.29) is 11.9 Å². The van der Waals surface area contributed by atoms with Gasteiger partial charge in [-0.2, -0.15) is 0 Å². The van der Waals surface area contributed by atoms with Crippen molar-refractivity contribution < 1.29 is 4.79 Å². The third-order valence-corrected chi connectivity index (χ3v) is 4.21. The van der Waals surface area contributed by atoms with Crippen molar-refractivity contribution in [1.82, 2.24) is 10.2 Å². The number of carbonyl (C=O) groups is 1. The third kappa shape index (κ3) is 2.13. The van der Waals surface area contributed by atoms with E-state index < -0.39 is 0 Å². The fourth-order valence-corrected chi connectivity index (χ4v) is 3.18. The zero-order valence-corrected chi connectivity index (χ0v) is 11.0. The molecule has 3 nitrogen and oxygen atoms in total. The van der Waals surface area contributed by atoms with Crippen molar-refractivity contribution in [3.63, 3.8) is 0 Å². The zero-order chi connectivity index (χ0) is 12.5. The number of nitrogens with one attached hydrogen (secondary N) is 1. The van der Waals surface area contributed by atoms with E-state index in [0.29, 0.717) is 12.6 Å². The number of fused-ring (bicyclic) bond motifs is 1. The smallest absolute Gasteiger partial charge is 0.236 e. The molecule has 4 heteroatoms. The predicted molar refractivity (Wildman–Crippen MR) is 71.5 cm³/mol. The van der Waals surface area contributed by atoms with E-state index in [0.717, 1.165) is 24.4 Å². The van der Waals surface area contributed by atoms with Crippen LogP contribution in [0.4, 0.5) is 0 Å². The van der Waals surface area contributed by atoms with Crippen LogP contribution >= 0.6 is 11.6 Å². The Kier molecular flexibility index (Phi) is 3.27. The summed E-state index contributed by atoms with van der Waals surface area (Å²) in [5.74, 6) is 0.241. The molecule has 0 bridgehead atoms. The summed E-state index contributed by atoms with van der Waals surface area (Å²) < 4.78 is 0. The van der Waals surface area contributed by atoms with Gasteiger partial charge in [-0.15, -0.1) is 0 Å². The van der Waals surface area contributed by atoms with E-state index in [1.54, 1.807) is 0 Å². The zero-order valence-electron chi connectivity index (χ0n) is 10.2. The van der Waals surface area contributed by atoms with Gasteiger partial charge in [0.25, 0.3) is 0 Å². The van der Waals surface area contributed by atoms with Crippen molar-refractivity contribution in [1.29, 1.82) is 0 Å². The van der Waals surface area contributed by atoms with Crippen molar-refractivity contribution in [3.8, 4) is 0 Å². The van der Waals surface area contributed by atoms with Crippen LogP contribution in [0.5, 0.6) is 0 Å². The van der Waals surface area contributed by atoms with Crippen molar-refractivity contribution in [2.75, 3.05) is 13.1 Å². The molecule has 3 rings (SSSR count). The molecule has 1 amide bonds. The first kappa shape index (κ1) is 12.0. The summed E-state index contributed by atoms with van der Waals surface area (Å²) in [7, 11) is 0. The van der Waals surface area contributed by atoms with Crippen LogP contribution in [0.3, 0.4) is 0 Å². The highest BCUT2D eigenvalue weighted by Crippen LogP contribution is 2.31. The lowest BCUT2D eigenvalue weighted by atomic mass is 9.89. The van der Waals surface area contributed by atoms with Crippen LogP contribution in [0.1, 0.15) is 30.9 Å². The molecule has 96 valence electrons. The molecule has 2 atom stereocenters. The van der Waals surface area contributed by atoms with Crippen molar-refractivity contribution >= 4 is 17.5 Å². The number of piperazine rings is 1. The molecule has 2 aliphatic heterocycles. The highest BCUT2D eigenvalue weighted by molar-refractivity contribution is 6.30. The molecule has 0 aliphatic carbocycles. The largest absolute Gasteiger partial charge is 0.337 e. The second-order valence-corrected chi connectivity index (χ2v) is 5.50. The minimum absolute atomic E-state index is 0.241. The maximum atomic E-state index is 11.9. The van der Waals surface area contributed by atoms with Crippen molar-refractivity contribution in [2.24, 2.45) is 0 Å². The van der Waals surface area contributed by atoms with Crippen LogP contribution in [-0.2, 0) is 4.79 Å². The second-order valence-electron chi connectivity index (χ2n) is 5.06. The average molecular weight is 265 g/mol. The van der Waals surface area contributed by atoms with Gasteiger partial charge in [-0.05, 0) is 37.0 Å². The lowest BCUT2D eigenvalue weighted by Gasteiger charge is -2.44. The van der Waals surface area contributed by atoms with E-state index in [1.807, 2.05) is 12.1 Å². The fourth-order valence-electron chi connectivity index (χ4n) is 3.06. The Bertz CT molecular complexity index is 446. The molecule has 1 N–H and O–H groups in total. The number of piperidine rings is 1. The molecule has 0 radical (unpaired) electrons. The number of halogens is 1. The molecule has 0 spiro atoms. The molecular weight excluding hydrogens is 248 g/mol. The molecule has 0 aromatic heterocycles. The van der Waals surface area contributed by atoms with Crippen LogP contribution < -0.4 is 5.32 Å². The number of hydrogen-bond donors (Lipinski definition) is 1. The van der Waals surface area contributed by atoms with Gasteiger partial charge < -0.3 is 4.90 Å². The van der Waals surface area contributed by atoms with Crippen LogP contribution in [0.15, 0.2) is 24.3 Å². The molecular formula is C14H17ClN2O. The summed E-state index contributed by atoms with van der Waals surface area (Å²) in [5.41, 5.74) is 1.23. The third-order valence-electron chi connectivity index (χ3n) is 3.96. The van der Waals surface area contributed by atoms with Gasteiger partial charge in [0.05, 0.1) is 18.6 Å². The van der Waals surface area contributed by atoms with Crippen LogP contribution in [-0.4, -0.2) is 29.9 Å². The molecule has 2 saturated heterocycles. The SMILES string of the molecule is O=C1CNC(c2ccc(Cl)cc2)C2CCCCN12. The van der Waals surface area contributed by atoms with E-state index in [4.69, 9.17) is 11.6 Å². The summed E-state index contributed by atoms with van der Waals surface area (Å²) >= 11 is 5.93. The Morgan fingerprint density at radius 1 is 1.22 bits per heavy atom. The summed E-state index contributed by atoms with van der Waals surface area (Å²) in [6.07, 6.45) is 3.43. The highest BCUT2D eigenvalue weighted by Gasteiger charge is 2.37.